The van der Waals surface area contributed by atoms with Crippen LogP contribution in [-0.2, 0) is 0 Å². The monoisotopic (exact) mass is 156 g/mol. The molecule has 0 unspecified atom stereocenters. The van der Waals surface area contributed by atoms with Gasteiger partial charge in [0.05, 0.1) is 0 Å². The molecule has 0 aliphatic rings. The van der Waals surface area contributed by atoms with Crippen molar-refractivity contribution in [2.24, 2.45) is 0 Å². The fourth-order valence-corrected chi connectivity index (χ4v) is 0.786. The average molecular weight is 157 g/mol. The predicted molar refractivity (Wildman–Crippen MR) is 41.4 cm³/mol. The van der Waals surface area contributed by atoms with Crippen LogP contribution in [0.3, 0.4) is 0 Å². The van der Waals surface area contributed by atoms with Crippen molar-refractivity contribution in [3.05, 3.63) is 41.4 Å². The second-order valence-corrected chi connectivity index (χ2v) is 2.04. The van der Waals surface area contributed by atoms with Crippen LogP contribution in [0.25, 0.3) is 5.83 Å². The van der Waals surface area contributed by atoms with E-state index in [2.05, 4.69) is 0 Å². The molecule has 10 heavy (non-hydrogen) atoms. The summed E-state index contributed by atoms with van der Waals surface area (Å²) in [6.07, 6.45) is 0. The van der Waals surface area contributed by atoms with Crippen molar-refractivity contribution < 1.29 is 4.39 Å². The zero-order chi connectivity index (χ0) is 7.40. The molecule has 0 heterocycles. The first-order chi connectivity index (χ1) is 4.84. The van der Waals surface area contributed by atoms with Crippen LogP contribution >= 0.6 is 11.6 Å². The highest BCUT2D eigenvalue weighted by Crippen LogP contribution is 2.15. The van der Waals surface area contributed by atoms with Crippen LogP contribution in [0.4, 0.5) is 4.39 Å². The maximum absolute atomic E-state index is 12.6. The minimum Gasteiger partial charge on any atom is -0.205 e. The van der Waals surface area contributed by atoms with Gasteiger partial charge in [0.15, 0.2) is 0 Å². The number of halogens is 2. The molecule has 0 nitrogen and oxygen atoms in total. The van der Waals surface area contributed by atoms with Gasteiger partial charge < -0.3 is 0 Å². The van der Waals surface area contributed by atoms with Crippen LogP contribution in [-0.4, -0.2) is 0 Å². The van der Waals surface area contributed by atoms with Crippen LogP contribution in [0.1, 0.15) is 5.56 Å². The lowest BCUT2D eigenvalue weighted by molar-refractivity contribution is 0.762. The molecule has 52 valence electrons. The van der Waals surface area contributed by atoms with Crippen LogP contribution in [0.5, 0.6) is 0 Å². The molecule has 0 atom stereocenters. The third kappa shape index (κ3) is 1.58. The molecule has 0 spiro atoms. The van der Waals surface area contributed by atoms with E-state index in [4.69, 9.17) is 11.6 Å². The molecule has 0 aliphatic carbocycles. The molecule has 0 fully saturated rings. The van der Waals surface area contributed by atoms with Gasteiger partial charge in [-0.1, -0.05) is 41.9 Å². The van der Waals surface area contributed by atoms with Crippen LogP contribution < -0.4 is 0 Å². The summed E-state index contributed by atoms with van der Waals surface area (Å²) in [5.41, 5.74) is 1.44. The van der Waals surface area contributed by atoms with Gasteiger partial charge in [-0.25, -0.2) is 4.39 Å². The molecule has 0 saturated heterocycles. The lowest BCUT2D eigenvalue weighted by atomic mass is 10.2. The van der Waals surface area contributed by atoms with Crippen molar-refractivity contribution >= 4 is 17.4 Å². The Morgan fingerprint density at radius 1 is 1.30 bits per heavy atom. The lowest BCUT2D eigenvalue weighted by Gasteiger charge is -1.92. The lowest BCUT2D eigenvalue weighted by Crippen LogP contribution is -1.72. The second kappa shape index (κ2) is 3.37. The summed E-state index contributed by atoms with van der Waals surface area (Å²) in [6.45, 7) is 0. The van der Waals surface area contributed by atoms with Crippen LogP contribution in [0.15, 0.2) is 35.9 Å². The highest BCUT2D eigenvalue weighted by Gasteiger charge is 1.94. The molecule has 1 aromatic carbocycles. The minimum absolute atomic E-state index is 0.401. The Labute approximate surface area is 63.9 Å². The molecule has 0 bridgehead atoms. The summed E-state index contributed by atoms with van der Waals surface area (Å²) in [6, 6.07) is 8.66. The molecule has 0 aliphatic heterocycles. The van der Waals surface area contributed by atoms with Gasteiger partial charge in [0.1, 0.15) is 5.83 Å². The third-order valence-electron chi connectivity index (χ3n) is 1.15. The summed E-state index contributed by atoms with van der Waals surface area (Å²) < 4.78 is 12.6. The molecule has 1 aromatic rings. The van der Waals surface area contributed by atoms with E-state index >= 15 is 0 Å². The Hall–Kier alpha value is -0.820. The summed E-state index contributed by atoms with van der Waals surface area (Å²) in [7, 11) is 0. The molecule has 1 rings (SSSR count). The van der Waals surface area contributed by atoms with Gasteiger partial charge in [-0.2, -0.15) is 0 Å². The maximum atomic E-state index is 12.6. The third-order valence-corrected chi connectivity index (χ3v) is 1.34. The Kier molecular flexibility index (Phi) is 2.46. The van der Waals surface area contributed by atoms with E-state index in [1.807, 2.05) is 6.07 Å². The van der Waals surface area contributed by atoms with E-state index in [0.29, 0.717) is 5.56 Å². The van der Waals surface area contributed by atoms with Gasteiger partial charge in [0, 0.05) is 11.1 Å². The van der Waals surface area contributed by atoms with Gasteiger partial charge in [0.25, 0.3) is 0 Å². The molecular weight excluding hydrogens is 151 g/mol. The van der Waals surface area contributed by atoms with Crippen molar-refractivity contribution in [3.8, 4) is 0 Å². The van der Waals surface area contributed by atoms with E-state index in [1.54, 1.807) is 24.3 Å². The molecular formula is C8H6ClF. The first-order valence-corrected chi connectivity index (χ1v) is 3.29. The second-order valence-electron chi connectivity index (χ2n) is 1.82. The average Bonchev–Trinajstić information content (AvgIpc) is 2.05. The zero-order valence-corrected chi connectivity index (χ0v) is 5.98. The standard InChI is InChI=1S/C8H6ClF/c9-6-8(10)7-4-2-1-3-5-7/h1-6H/b8-6-. The first kappa shape index (κ1) is 7.29. The topological polar surface area (TPSA) is 0 Å². The van der Waals surface area contributed by atoms with Crippen molar-refractivity contribution in [1.82, 2.24) is 0 Å². The Bertz CT molecular complexity index is 228. The molecule has 0 amide bonds. The SMILES string of the molecule is F/C(=C\Cl)c1ccccc1. The zero-order valence-electron chi connectivity index (χ0n) is 5.22. The van der Waals surface area contributed by atoms with E-state index in [9.17, 15) is 4.39 Å². The van der Waals surface area contributed by atoms with Crippen LogP contribution in [0, 0.1) is 0 Å². The van der Waals surface area contributed by atoms with Crippen LogP contribution in [0.2, 0.25) is 0 Å². The molecule has 0 aromatic heterocycles. The normalized spacial score (nSPS) is 11.6. The predicted octanol–water partition coefficient (Wildman–Crippen LogP) is 3.19. The number of hydrogen-bond donors (Lipinski definition) is 0. The van der Waals surface area contributed by atoms with Gasteiger partial charge in [-0.3, -0.25) is 0 Å². The summed E-state index contributed by atoms with van der Waals surface area (Å²) in [5.74, 6) is -0.401. The quantitative estimate of drug-likeness (QED) is 0.586. The minimum atomic E-state index is -0.401. The fourth-order valence-electron chi connectivity index (χ4n) is 0.660. The number of hydrogen-bond acceptors (Lipinski definition) is 0. The van der Waals surface area contributed by atoms with E-state index in [1.165, 1.54) is 0 Å². The Morgan fingerprint density at radius 2 is 1.90 bits per heavy atom. The molecule has 2 heteroatoms. The maximum Gasteiger partial charge on any atom is 0.141 e. The van der Waals surface area contributed by atoms with Gasteiger partial charge in [0.2, 0.25) is 0 Å². The number of benzene rings is 1. The smallest absolute Gasteiger partial charge is 0.141 e. The highest BCUT2D eigenvalue weighted by molar-refractivity contribution is 6.27. The fraction of sp³-hybridized carbons (Fsp3) is 0. The van der Waals surface area contributed by atoms with Gasteiger partial charge in [-0.15, -0.1) is 0 Å². The Balaban J connectivity index is 2.96. The van der Waals surface area contributed by atoms with Crippen molar-refractivity contribution in [2.45, 2.75) is 0 Å². The highest BCUT2D eigenvalue weighted by atomic mass is 35.5. The first-order valence-electron chi connectivity index (χ1n) is 2.86. The molecule has 0 saturated carbocycles. The molecule has 0 radical (unpaired) electrons. The largest absolute Gasteiger partial charge is 0.205 e. The van der Waals surface area contributed by atoms with E-state index in [0.717, 1.165) is 5.54 Å². The molecule has 0 N–H and O–H groups in total. The van der Waals surface area contributed by atoms with E-state index < -0.39 is 5.83 Å². The van der Waals surface area contributed by atoms with E-state index in [-0.39, 0.29) is 0 Å². The summed E-state index contributed by atoms with van der Waals surface area (Å²) >= 11 is 5.15. The van der Waals surface area contributed by atoms with Crippen molar-refractivity contribution in [2.75, 3.05) is 0 Å². The Morgan fingerprint density at radius 3 is 2.40 bits per heavy atom. The van der Waals surface area contributed by atoms with Gasteiger partial charge >= 0.3 is 0 Å². The number of rotatable bonds is 1. The van der Waals surface area contributed by atoms with Gasteiger partial charge in [-0.05, 0) is 0 Å². The van der Waals surface area contributed by atoms with Crippen molar-refractivity contribution in [1.29, 1.82) is 0 Å². The summed E-state index contributed by atoms with van der Waals surface area (Å²) in [5, 5.41) is 0. The van der Waals surface area contributed by atoms with Crippen molar-refractivity contribution in [3.63, 3.8) is 0 Å². The summed E-state index contributed by atoms with van der Waals surface area (Å²) in [4.78, 5) is 0.